The van der Waals surface area contributed by atoms with E-state index in [1.54, 1.807) is 0 Å². The predicted molar refractivity (Wildman–Crippen MR) is 94.2 cm³/mol. The van der Waals surface area contributed by atoms with Crippen molar-refractivity contribution in [2.75, 3.05) is 16.8 Å². The average Bonchev–Trinajstić information content (AvgIpc) is 3.32. The lowest BCUT2D eigenvalue weighted by Gasteiger charge is -2.08. The minimum atomic E-state index is -0.0774. The van der Waals surface area contributed by atoms with Crippen LogP contribution in [0.2, 0.25) is 0 Å². The Bertz CT molecular complexity index is 637. The van der Waals surface area contributed by atoms with Gasteiger partial charge in [-0.2, -0.15) is 11.8 Å². The summed E-state index contributed by atoms with van der Waals surface area (Å²) in [7, 11) is 0. The quantitative estimate of drug-likeness (QED) is 0.618. The molecule has 1 fully saturated rings. The summed E-state index contributed by atoms with van der Waals surface area (Å²) in [6.45, 7) is 1.49. The van der Waals surface area contributed by atoms with E-state index in [0.717, 1.165) is 22.4 Å². The maximum Gasteiger partial charge on any atom is 0.221 e. The summed E-state index contributed by atoms with van der Waals surface area (Å²) in [5.41, 5.74) is 0.768. The van der Waals surface area contributed by atoms with E-state index in [1.807, 2.05) is 59.9 Å². The molecule has 0 aromatic heterocycles. The fraction of sp³-hybridized carbons (Fsp3) is 0.235. The zero-order valence-corrected chi connectivity index (χ0v) is 13.9. The predicted octanol–water partition coefficient (Wildman–Crippen LogP) is 4.64. The lowest BCUT2D eigenvalue weighted by molar-refractivity contribution is -0.114. The van der Waals surface area contributed by atoms with Crippen LogP contribution in [0.15, 0.2) is 53.4 Å². The first-order valence-electron chi connectivity index (χ1n) is 7.09. The number of hydrogen-bond donors (Lipinski definition) is 1. The van der Waals surface area contributed by atoms with Crippen molar-refractivity contribution in [3.05, 3.63) is 48.5 Å². The van der Waals surface area contributed by atoms with Gasteiger partial charge in [-0.05, 0) is 48.5 Å². The van der Waals surface area contributed by atoms with Crippen molar-refractivity contribution < 1.29 is 9.53 Å². The molecule has 22 heavy (non-hydrogen) atoms. The first-order chi connectivity index (χ1) is 10.7. The summed E-state index contributed by atoms with van der Waals surface area (Å²) in [5, 5.41) is 3.58. The van der Waals surface area contributed by atoms with Crippen molar-refractivity contribution in [1.82, 2.24) is 0 Å². The highest BCUT2D eigenvalue weighted by Gasteiger charge is 2.21. The number of carbonyl (C=O) groups is 1. The van der Waals surface area contributed by atoms with Crippen molar-refractivity contribution >= 4 is 35.1 Å². The third-order valence-corrected chi connectivity index (χ3v) is 5.43. The number of ether oxygens (including phenoxy) is 1. The number of amides is 1. The Labute approximate surface area is 138 Å². The van der Waals surface area contributed by atoms with E-state index in [0.29, 0.717) is 0 Å². The van der Waals surface area contributed by atoms with Crippen LogP contribution in [0.25, 0.3) is 0 Å². The molecule has 2 aromatic carbocycles. The van der Waals surface area contributed by atoms with Gasteiger partial charge in [0.2, 0.25) is 5.91 Å². The van der Waals surface area contributed by atoms with Crippen molar-refractivity contribution in [2.45, 2.75) is 17.1 Å². The topological polar surface area (TPSA) is 38.3 Å². The molecule has 0 aliphatic carbocycles. The van der Waals surface area contributed by atoms with Gasteiger partial charge in [-0.3, -0.25) is 4.79 Å². The van der Waals surface area contributed by atoms with Crippen LogP contribution in [0.5, 0.6) is 11.5 Å². The van der Waals surface area contributed by atoms with Gasteiger partial charge in [0.15, 0.2) is 0 Å². The number of nitrogens with one attached hydrogen (secondary N) is 1. The summed E-state index contributed by atoms with van der Waals surface area (Å²) in [4.78, 5) is 12.3. The summed E-state index contributed by atoms with van der Waals surface area (Å²) < 4.78 is 5.81. The highest BCUT2D eigenvalue weighted by atomic mass is 32.2. The Morgan fingerprint density at radius 2 is 1.77 bits per heavy atom. The molecule has 114 valence electrons. The fourth-order valence-corrected chi connectivity index (χ4v) is 3.72. The third-order valence-electron chi connectivity index (χ3n) is 3.07. The summed E-state index contributed by atoms with van der Waals surface area (Å²) in [6, 6.07) is 15.5. The maximum absolute atomic E-state index is 11.0. The molecule has 0 bridgehead atoms. The number of thioether (sulfide) groups is 2. The number of hydrogen-bond acceptors (Lipinski definition) is 4. The van der Waals surface area contributed by atoms with Crippen LogP contribution in [-0.4, -0.2) is 22.7 Å². The van der Waals surface area contributed by atoms with Gasteiger partial charge in [-0.15, -0.1) is 11.8 Å². The maximum atomic E-state index is 11.0. The average molecular weight is 331 g/mol. The molecule has 1 aliphatic rings. The van der Waals surface area contributed by atoms with Crippen LogP contribution >= 0.6 is 23.5 Å². The standard InChI is InChI=1S/C17H17NO2S2/c1-12(19)18-13-2-4-14(5-3-13)20-15-6-8-16(9-7-15)21-10-17-11-22-17/h2-9,17H,10-11H2,1H3,(H,18,19). The van der Waals surface area contributed by atoms with Crippen LogP contribution in [0, 0.1) is 0 Å². The molecule has 1 unspecified atom stereocenters. The second kappa shape index (κ2) is 7.11. The van der Waals surface area contributed by atoms with Gasteiger partial charge in [-0.1, -0.05) is 0 Å². The molecule has 2 aromatic rings. The van der Waals surface area contributed by atoms with Gasteiger partial charge in [-0.25, -0.2) is 0 Å². The van der Waals surface area contributed by atoms with Crippen molar-refractivity contribution in [2.24, 2.45) is 0 Å². The van der Waals surface area contributed by atoms with Gasteiger partial charge in [0.25, 0.3) is 0 Å². The molecule has 0 saturated carbocycles. The minimum Gasteiger partial charge on any atom is -0.457 e. The Kier molecular flexibility index (Phi) is 4.95. The summed E-state index contributed by atoms with van der Waals surface area (Å²) >= 11 is 3.92. The van der Waals surface area contributed by atoms with E-state index in [1.165, 1.54) is 23.3 Å². The van der Waals surface area contributed by atoms with Crippen LogP contribution in [0.1, 0.15) is 6.92 Å². The molecular weight excluding hydrogens is 314 g/mol. The lowest BCUT2D eigenvalue weighted by atomic mass is 10.3. The molecule has 1 N–H and O–H groups in total. The highest BCUT2D eigenvalue weighted by molar-refractivity contribution is 8.08. The van der Waals surface area contributed by atoms with Crippen molar-refractivity contribution in [3.63, 3.8) is 0 Å². The Hall–Kier alpha value is -1.59. The van der Waals surface area contributed by atoms with E-state index in [4.69, 9.17) is 4.74 Å². The minimum absolute atomic E-state index is 0.0774. The molecule has 1 amide bonds. The van der Waals surface area contributed by atoms with Gasteiger partial charge in [0.1, 0.15) is 11.5 Å². The molecule has 1 aliphatic heterocycles. The lowest BCUT2D eigenvalue weighted by Crippen LogP contribution is -2.05. The molecule has 1 heterocycles. The van der Waals surface area contributed by atoms with E-state index in [-0.39, 0.29) is 5.91 Å². The first-order valence-corrected chi connectivity index (χ1v) is 9.12. The number of rotatable bonds is 6. The van der Waals surface area contributed by atoms with E-state index >= 15 is 0 Å². The normalized spacial score (nSPS) is 16.1. The number of benzene rings is 2. The third kappa shape index (κ3) is 4.71. The molecule has 0 radical (unpaired) electrons. The van der Waals surface area contributed by atoms with E-state index < -0.39 is 0 Å². The molecule has 0 spiro atoms. The Balaban J connectivity index is 1.56. The molecule has 1 saturated heterocycles. The summed E-state index contributed by atoms with van der Waals surface area (Å²) in [5.74, 6) is 3.99. The monoisotopic (exact) mass is 331 g/mol. The highest BCUT2D eigenvalue weighted by Crippen LogP contribution is 2.35. The van der Waals surface area contributed by atoms with Crippen molar-refractivity contribution in [1.29, 1.82) is 0 Å². The van der Waals surface area contributed by atoms with Crippen LogP contribution in [-0.2, 0) is 4.79 Å². The summed E-state index contributed by atoms with van der Waals surface area (Å²) in [6.07, 6.45) is 0. The van der Waals surface area contributed by atoms with E-state index in [2.05, 4.69) is 17.4 Å². The molecular formula is C17H17NO2S2. The Morgan fingerprint density at radius 3 is 2.32 bits per heavy atom. The fourth-order valence-electron chi connectivity index (χ4n) is 1.90. The zero-order chi connectivity index (χ0) is 15.4. The van der Waals surface area contributed by atoms with Crippen LogP contribution < -0.4 is 10.1 Å². The molecule has 3 rings (SSSR count). The Morgan fingerprint density at radius 1 is 1.18 bits per heavy atom. The largest absolute Gasteiger partial charge is 0.457 e. The van der Waals surface area contributed by atoms with Gasteiger partial charge < -0.3 is 10.1 Å². The zero-order valence-electron chi connectivity index (χ0n) is 12.2. The van der Waals surface area contributed by atoms with Crippen LogP contribution in [0.4, 0.5) is 5.69 Å². The first kappa shape index (κ1) is 15.3. The van der Waals surface area contributed by atoms with Gasteiger partial charge in [0.05, 0.1) is 0 Å². The second-order valence-corrected chi connectivity index (χ2v) is 7.47. The van der Waals surface area contributed by atoms with E-state index in [9.17, 15) is 4.79 Å². The SMILES string of the molecule is CC(=O)Nc1ccc(Oc2ccc(SCC3CS3)cc2)cc1. The molecule has 3 nitrogen and oxygen atoms in total. The number of anilines is 1. The van der Waals surface area contributed by atoms with Crippen LogP contribution in [0.3, 0.4) is 0 Å². The number of carbonyl (C=O) groups excluding carboxylic acids is 1. The molecule has 1 atom stereocenters. The van der Waals surface area contributed by atoms with Gasteiger partial charge in [0, 0.05) is 34.3 Å². The van der Waals surface area contributed by atoms with Gasteiger partial charge >= 0.3 is 0 Å². The second-order valence-electron chi connectivity index (χ2n) is 5.05. The molecule has 5 heteroatoms. The smallest absolute Gasteiger partial charge is 0.221 e. The van der Waals surface area contributed by atoms with Crippen molar-refractivity contribution in [3.8, 4) is 11.5 Å².